The van der Waals surface area contributed by atoms with E-state index < -0.39 is 17.9 Å². The van der Waals surface area contributed by atoms with Gasteiger partial charge in [0.1, 0.15) is 5.75 Å². The molecule has 0 spiro atoms. The third-order valence-corrected chi connectivity index (χ3v) is 4.87. The molecule has 1 atom stereocenters. The van der Waals surface area contributed by atoms with Crippen molar-refractivity contribution in [2.45, 2.75) is 19.4 Å². The lowest BCUT2D eigenvalue weighted by molar-refractivity contribution is -0.118. The number of ether oxygens (including phenoxy) is 4. The van der Waals surface area contributed by atoms with Gasteiger partial charge >= 0.3 is 5.97 Å². The van der Waals surface area contributed by atoms with E-state index in [2.05, 4.69) is 5.32 Å². The minimum Gasteiger partial charge on any atom is -0.489 e. The monoisotopic (exact) mass is 431 g/mol. The molecule has 2 aromatic rings. The highest BCUT2D eigenvalue weighted by Gasteiger charge is 2.25. The van der Waals surface area contributed by atoms with E-state index in [4.69, 9.17) is 30.5 Å². The SMILES string of the molecule is C[C@H](OC(=O)c1cc(Cl)c2c(c1)OCCCO2)C(=O)c1ccc2c(c1)NC(=O)CO2. The molecule has 1 N–H and O–H groups in total. The maximum atomic E-state index is 12.7. The number of benzene rings is 2. The number of hydrogen-bond donors (Lipinski definition) is 1. The van der Waals surface area contributed by atoms with Crippen molar-refractivity contribution in [3.63, 3.8) is 0 Å². The zero-order chi connectivity index (χ0) is 21.3. The Labute approximate surface area is 177 Å². The van der Waals surface area contributed by atoms with E-state index in [1.807, 2.05) is 0 Å². The molecule has 4 rings (SSSR count). The number of esters is 1. The summed E-state index contributed by atoms with van der Waals surface area (Å²) in [6, 6.07) is 7.52. The second-order valence-corrected chi connectivity index (χ2v) is 7.20. The van der Waals surface area contributed by atoms with Gasteiger partial charge in [-0.3, -0.25) is 9.59 Å². The van der Waals surface area contributed by atoms with Crippen LogP contribution < -0.4 is 19.5 Å². The summed E-state index contributed by atoms with van der Waals surface area (Å²) in [5, 5.41) is 2.86. The standard InChI is InChI=1S/C21H18ClNO7/c1-11(19(25)12-3-4-16-15(8-12)23-18(24)10-29-16)30-21(26)13-7-14(22)20-17(9-13)27-5-2-6-28-20/h3-4,7-9,11H,2,5-6,10H2,1H3,(H,23,24)/t11-/m0/s1. The third kappa shape index (κ3) is 4.04. The Balaban J connectivity index is 1.49. The smallest absolute Gasteiger partial charge is 0.339 e. The summed E-state index contributed by atoms with van der Waals surface area (Å²) < 4.78 is 21.7. The van der Waals surface area contributed by atoms with Gasteiger partial charge in [0.05, 0.1) is 29.5 Å². The lowest BCUT2D eigenvalue weighted by atomic mass is 10.1. The fraction of sp³-hybridized carbons (Fsp3) is 0.286. The highest BCUT2D eigenvalue weighted by molar-refractivity contribution is 6.32. The predicted octanol–water partition coefficient (Wildman–Crippen LogP) is 3.26. The van der Waals surface area contributed by atoms with Crippen LogP contribution >= 0.6 is 11.6 Å². The fourth-order valence-corrected chi connectivity index (χ4v) is 3.37. The van der Waals surface area contributed by atoms with Gasteiger partial charge in [0.2, 0.25) is 5.78 Å². The average molecular weight is 432 g/mol. The Morgan fingerprint density at radius 3 is 2.70 bits per heavy atom. The first-order valence-corrected chi connectivity index (χ1v) is 9.71. The van der Waals surface area contributed by atoms with Crippen molar-refractivity contribution in [2.24, 2.45) is 0 Å². The molecule has 2 heterocycles. The number of halogens is 1. The molecule has 156 valence electrons. The van der Waals surface area contributed by atoms with E-state index in [0.717, 1.165) is 0 Å². The molecule has 0 aromatic heterocycles. The molecule has 30 heavy (non-hydrogen) atoms. The Morgan fingerprint density at radius 1 is 1.07 bits per heavy atom. The molecular weight excluding hydrogens is 414 g/mol. The van der Waals surface area contributed by atoms with E-state index in [1.165, 1.54) is 25.1 Å². The number of anilines is 1. The number of ketones is 1. The van der Waals surface area contributed by atoms with Crippen LogP contribution in [-0.2, 0) is 9.53 Å². The lowest BCUT2D eigenvalue weighted by Crippen LogP contribution is -2.27. The molecule has 1 amide bonds. The van der Waals surface area contributed by atoms with Crippen molar-refractivity contribution >= 4 is 34.9 Å². The Kier molecular flexibility index (Phi) is 5.50. The number of rotatable bonds is 4. The second kappa shape index (κ2) is 8.23. The van der Waals surface area contributed by atoms with E-state index in [9.17, 15) is 14.4 Å². The average Bonchev–Trinajstić information content (AvgIpc) is 2.98. The van der Waals surface area contributed by atoms with E-state index in [1.54, 1.807) is 12.1 Å². The Hall–Kier alpha value is -3.26. The molecule has 2 aliphatic rings. The summed E-state index contributed by atoms with van der Waals surface area (Å²) in [7, 11) is 0. The van der Waals surface area contributed by atoms with Gasteiger partial charge in [-0.25, -0.2) is 4.79 Å². The number of amides is 1. The molecule has 0 fully saturated rings. The van der Waals surface area contributed by atoms with Crippen molar-refractivity contribution in [2.75, 3.05) is 25.1 Å². The molecule has 0 saturated carbocycles. The molecule has 2 aromatic carbocycles. The van der Waals surface area contributed by atoms with Crippen LogP contribution in [0.3, 0.4) is 0 Å². The number of hydrogen-bond acceptors (Lipinski definition) is 7. The third-order valence-electron chi connectivity index (χ3n) is 4.59. The molecule has 2 aliphatic heterocycles. The minimum absolute atomic E-state index is 0.0770. The van der Waals surface area contributed by atoms with Crippen LogP contribution in [0.1, 0.15) is 34.1 Å². The Morgan fingerprint density at radius 2 is 1.87 bits per heavy atom. The van der Waals surface area contributed by atoms with Crippen LogP contribution in [0.15, 0.2) is 30.3 Å². The van der Waals surface area contributed by atoms with Crippen LogP contribution in [0.5, 0.6) is 17.2 Å². The van der Waals surface area contributed by atoms with Crippen LogP contribution in [0, 0.1) is 0 Å². The summed E-state index contributed by atoms with van der Waals surface area (Å²) in [5.74, 6) is -0.241. The normalized spacial score (nSPS) is 15.7. The molecule has 0 radical (unpaired) electrons. The first-order valence-electron chi connectivity index (χ1n) is 9.33. The quantitative estimate of drug-likeness (QED) is 0.585. The second-order valence-electron chi connectivity index (χ2n) is 6.80. The molecule has 0 unspecified atom stereocenters. The first kappa shape index (κ1) is 20.0. The van der Waals surface area contributed by atoms with Gasteiger partial charge in [0, 0.05) is 12.0 Å². The molecule has 9 heteroatoms. The zero-order valence-corrected chi connectivity index (χ0v) is 16.8. The van der Waals surface area contributed by atoms with Crippen molar-refractivity contribution in [1.82, 2.24) is 0 Å². The van der Waals surface area contributed by atoms with E-state index in [0.29, 0.717) is 42.6 Å². The topological polar surface area (TPSA) is 100 Å². The van der Waals surface area contributed by atoms with Gasteiger partial charge in [0.15, 0.2) is 24.2 Å². The van der Waals surface area contributed by atoms with Gasteiger partial charge in [-0.15, -0.1) is 0 Å². The zero-order valence-electron chi connectivity index (χ0n) is 16.0. The van der Waals surface area contributed by atoms with Crippen LogP contribution in [0.25, 0.3) is 0 Å². The maximum absolute atomic E-state index is 12.7. The van der Waals surface area contributed by atoms with E-state index in [-0.39, 0.29) is 28.7 Å². The lowest BCUT2D eigenvalue weighted by Gasteiger charge is -2.19. The van der Waals surface area contributed by atoms with Crippen LogP contribution in [0.2, 0.25) is 5.02 Å². The van der Waals surface area contributed by atoms with Gasteiger partial charge in [-0.05, 0) is 37.3 Å². The van der Waals surface area contributed by atoms with E-state index >= 15 is 0 Å². The minimum atomic E-state index is -1.06. The number of fused-ring (bicyclic) bond motifs is 2. The molecule has 0 bridgehead atoms. The van der Waals surface area contributed by atoms with Crippen LogP contribution in [-0.4, -0.2) is 43.6 Å². The Bertz CT molecular complexity index is 1040. The summed E-state index contributed by atoms with van der Waals surface area (Å²) in [6.45, 7) is 2.30. The summed E-state index contributed by atoms with van der Waals surface area (Å²) in [4.78, 5) is 36.8. The first-order chi connectivity index (χ1) is 14.4. The number of Topliss-reactive ketones (excluding diaryl/α,β-unsaturated/α-hetero) is 1. The van der Waals surface area contributed by atoms with Crippen molar-refractivity contribution in [1.29, 1.82) is 0 Å². The molecular formula is C21H18ClNO7. The largest absolute Gasteiger partial charge is 0.489 e. The molecule has 8 nitrogen and oxygen atoms in total. The number of carbonyl (C=O) groups is 3. The van der Waals surface area contributed by atoms with Gasteiger partial charge < -0.3 is 24.3 Å². The number of nitrogens with one attached hydrogen (secondary N) is 1. The number of carbonyl (C=O) groups excluding carboxylic acids is 3. The van der Waals surface area contributed by atoms with Crippen molar-refractivity contribution < 1.29 is 33.3 Å². The predicted molar refractivity (Wildman–Crippen MR) is 107 cm³/mol. The summed E-state index contributed by atoms with van der Waals surface area (Å²) in [6.07, 6.45) is -0.367. The van der Waals surface area contributed by atoms with Crippen LogP contribution in [0.4, 0.5) is 5.69 Å². The summed E-state index contributed by atoms with van der Waals surface area (Å²) >= 11 is 6.21. The summed E-state index contributed by atoms with van der Waals surface area (Å²) in [5.41, 5.74) is 0.817. The van der Waals surface area contributed by atoms with Gasteiger partial charge in [0.25, 0.3) is 5.91 Å². The van der Waals surface area contributed by atoms with Gasteiger partial charge in [-0.1, -0.05) is 11.6 Å². The molecule has 0 saturated heterocycles. The van der Waals surface area contributed by atoms with Gasteiger partial charge in [-0.2, -0.15) is 0 Å². The van der Waals surface area contributed by atoms with Crippen molar-refractivity contribution in [3.8, 4) is 17.2 Å². The van der Waals surface area contributed by atoms with Crippen molar-refractivity contribution in [3.05, 3.63) is 46.5 Å². The highest BCUT2D eigenvalue weighted by Crippen LogP contribution is 2.38. The highest BCUT2D eigenvalue weighted by atomic mass is 35.5. The fourth-order valence-electron chi connectivity index (χ4n) is 3.10. The maximum Gasteiger partial charge on any atom is 0.339 e. The molecule has 0 aliphatic carbocycles.